The van der Waals surface area contributed by atoms with Crippen molar-refractivity contribution in [2.45, 2.75) is 77.3 Å². The minimum atomic E-state index is -1.02. The number of carbonyl (C=O) groups is 2. The molecule has 0 saturated heterocycles. The lowest BCUT2D eigenvalue weighted by Gasteiger charge is -2.22. The van der Waals surface area contributed by atoms with Crippen LogP contribution < -0.4 is 16.0 Å². The van der Waals surface area contributed by atoms with Gasteiger partial charge in [-0.2, -0.15) is 0 Å². The third-order valence-electron chi connectivity index (χ3n) is 6.58. The molecule has 1 fully saturated rings. The summed E-state index contributed by atoms with van der Waals surface area (Å²) in [6, 6.07) is -1.03. The molecule has 0 bridgehead atoms. The number of carbonyl (C=O) groups excluding carboxylic acids is 2. The summed E-state index contributed by atoms with van der Waals surface area (Å²) in [5.41, 5.74) is 1.41. The van der Waals surface area contributed by atoms with Crippen molar-refractivity contribution in [1.29, 1.82) is 5.41 Å². The third kappa shape index (κ3) is 7.86. The molecule has 2 aromatic heterocycles. The molecule has 0 aliphatic heterocycles. The molecular weight excluding hydrogens is 470 g/mol. The van der Waals surface area contributed by atoms with Crippen LogP contribution in [0.2, 0.25) is 0 Å². The molecule has 1 aliphatic carbocycles. The van der Waals surface area contributed by atoms with Gasteiger partial charge in [0.15, 0.2) is 11.5 Å². The Morgan fingerprint density at radius 3 is 2.46 bits per heavy atom. The monoisotopic (exact) mass is 507 g/mol. The van der Waals surface area contributed by atoms with E-state index in [2.05, 4.69) is 54.7 Å². The van der Waals surface area contributed by atoms with Gasteiger partial charge in [-0.25, -0.2) is 19.9 Å². The van der Waals surface area contributed by atoms with E-state index in [0.29, 0.717) is 11.6 Å². The van der Waals surface area contributed by atoms with Crippen LogP contribution >= 0.6 is 0 Å². The number of rotatable bonds is 14. The van der Waals surface area contributed by atoms with E-state index in [9.17, 15) is 9.59 Å². The second kappa shape index (κ2) is 13.5. The van der Waals surface area contributed by atoms with Gasteiger partial charge >= 0.3 is 0 Å². The second-order valence-corrected chi connectivity index (χ2v) is 9.41. The van der Waals surface area contributed by atoms with E-state index >= 15 is 0 Å². The number of hydrogen-bond acceptors (Lipinski definition) is 9. The summed E-state index contributed by atoms with van der Waals surface area (Å²) in [6.45, 7) is 6.38. The average molecular weight is 508 g/mol. The number of hydrogen-bond donors (Lipinski definition) is 4. The summed E-state index contributed by atoms with van der Waals surface area (Å²) >= 11 is 0. The van der Waals surface area contributed by atoms with Crippen molar-refractivity contribution >= 4 is 35.2 Å². The Morgan fingerprint density at radius 1 is 1.14 bits per heavy atom. The van der Waals surface area contributed by atoms with Gasteiger partial charge in [-0.15, -0.1) is 0 Å². The SMILES string of the molecule is CCC(C)CCC(CC)NC(=O)C(=NC)C(C=N)NC(=O)c1nc(C2CC2)cnc1Nc1cncnc1. The zero-order valence-electron chi connectivity index (χ0n) is 22.0. The fourth-order valence-electron chi connectivity index (χ4n) is 3.84. The van der Waals surface area contributed by atoms with Crippen molar-refractivity contribution < 1.29 is 9.59 Å². The predicted molar refractivity (Wildman–Crippen MR) is 144 cm³/mol. The molecule has 1 aliphatic rings. The maximum atomic E-state index is 13.4. The quantitative estimate of drug-likeness (QED) is 0.285. The largest absolute Gasteiger partial charge is 0.348 e. The van der Waals surface area contributed by atoms with Gasteiger partial charge in [-0.05, 0) is 38.0 Å². The van der Waals surface area contributed by atoms with Gasteiger partial charge in [0.1, 0.15) is 18.1 Å². The highest BCUT2D eigenvalue weighted by Crippen LogP contribution is 2.39. The maximum Gasteiger partial charge on any atom is 0.274 e. The molecule has 2 aromatic rings. The molecular formula is C26H37N9O2. The molecule has 1 saturated carbocycles. The fourth-order valence-corrected chi connectivity index (χ4v) is 3.84. The van der Waals surface area contributed by atoms with Crippen molar-refractivity contribution in [2.75, 3.05) is 12.4 Å². The third-order valence-corrected chi connectivity index (χ3v) is 6.58. The highest BCUT2D eigenvalue weighted by molar-refractivity contribution is 6.44. The molecule has 3 rings (SSSR count). The highest BCUT2D eigenvalue weighted by atomic mass is 16.2. The van der Waals surface area contributed by atoms with E-state index in [0.717, 1.165) is 50.4 Å². The molecule has 4 N–H and O–H groups in total. The van der Waals surface area contributed by atoms with Crippen molar-refractivity contribution in [1.82, 2.24) is 30.6 Å². The van der Waals surface area contributed by atoms with Crippen LogP contribution in [0.5, 0.6) is 0 Å². The molecule has 3 unspecified atom stereocenters. The van der Waals surface area contributed by atoms with Gasteiger partial charge < -0.3 is 21.4 Å². The van der Waals surface area contributed by atoms with Crippen molar-refractivity contribution in [3.05, 3.63) is 36.3 Å². The Labute approximate surface area is 217 Å². The zero-order chi connectivity index (χ0) is 26.8. The molecule has 2 heterocycles. The van der Waals surface area contributed by atoms with Crippen LogP contribution in [0.25, 0.3) is 0 Å². The van der Waals surface area contributed by atoms with Crippen molar-refractivity contribution in [3.63, 3.8) is 0 Å². The van der Waals surface area contributed by atoms with Gasteiger partial charge in [0.2, 0.25) is 0 Å². The number of aromatic nitrogens is 4. The summed E-state index contributed by atoms with van der Waals surface area (Å²) in [5.74, 6) is 0.129. The number of amides is 2. The number of aliphatic imine (C=N–C) groups is 1. The Hall–Kier alpha value is -3.76. The average Bonchev–Trinajstić information content (AvgIpc) is 3.77. The van der Waals surface area contributed by atoms with E-state index in [1.807, 2.05) is 6.92 Å². The Morgan fingerprint density at radius 2 is 1.86 bits per heavy atom. The first kappa shape index (κ1) is 27.8. The molecule has 3 atom stereocenters. The number of nitrogens with zero attached hydrogens (tertiary/aromatic N) is 5. The smallest absolute Gasteiger partial charge is 0.274 e. The zero-order valence-corrected chi connectivity index (χ0v) is 22.0. The van der Waals surface area contributed by atoms with Crippen molar-refractivity contribution in [3.8, 4) is 0 Å². The topological polar surface area (TPSA) is 158 Å². The van der Waals surface area contributed by atoms with E-state index in [1.54, 1.807) is 18.6 Å². The molecule has 0 aromatic carbocycles. The van der Waals surface area contributed by atoms with E-state index in [-0.39, 0.29) is 29.2 Å². The fraction of sp³-hybridized carbons (Fsp3) is 0.538. The molecule has 11 nitrogen and oxygen atoms in total. The van der Waals surface area contributed by atoms with Crippen LogP contribution in [0.1, 0.15) is 81.4 Å². The van der Waals surface area contributed by atoms with Gasteiger partial charge in [0.25, 0.3) is 11.8 Å². The van der Waals surface area contributed by atoms with Gasteiger partial charge in [-0.1, -0.05) is 27.2 Å². The second-order valence-electron chi connectivity index (χ2n) is 9.41. The first-order chi connectivity index (χ1) is 17.9. The molecule has 37 heavy (non-hydrogen) atoms. The van der Waals surface area contributed by atoms with Crippen LogP contribution in [0, 0.1) is 11.3 Å². The van der Waals surface area contributed by atoms with E-state index in [4.69, 9.17) is 5.41 Å². The maximum absolute atomic E-state index is 13.4. The number of nitrogens with one attached hydrogen (secondary N) is 4. The minimum absolute atomic E-state index is 0.00896. The normalized spacial score (nSPS) is 15.8. The first-order valence-electron chi connectivity index (χ1n) is 12.9. The van der Waals surface area contributed by atoms with Crippen LogP contribution in [-0.4, -0.2) is 62.8 Å². The van der Waals surface area contributed by atoms with E-state index < -0.39 is 17.9 Å². The van der Waals surface area contributed by atoms with Crippen LogP contribution in [-0.2, 0) is 4.79 Å². The van der Waals surface area contributed by atoms with E-state index in [1.165, 1.54) is 13.4 Å². The van der Waals surface area contributed by atoms with Crippen LogP contribution in [0.3, 0.4) is 0 Å². The first-order valence-corrected chi connectivity index (χ1v) is 12.9. The lowest BCUT2D eigenvalue weighted by Crippen LogP contribution is -2.50. The Balaban J connectivity index is 1.76. The lowest BCUT2D eigenvalue weighted by molar-refractivity contribution is -0.115. The molecule has 0 spiro atoms. The summed E-state index contributed by atoms with van der Waals surface area (Å²) in [6.07, 6.45) is 12.9. The highest BCUT2D eigenvalue weighted by Gasteiger charge is 2.30. The van der Waals surface area contributed by atoms with Gasteiger partial charge in [0.05, 0.1) is 30.0 Å². The van der Waals surface area contributed by atoms with Crippen LogP contribution in [0.4, 0.5) is 11.5 Å². The summed E-state index contributed by atoms with van der Waals surface area (Å²) in [4.78, 5) is 47.5. The van der Waals surface area contributed by atoms with Gasteiger partial charge in [-0.3, -0.25) is 14.6 Å². The Bertz CT molecular complexity index is 1100. The molecule has 11 heteroatoms. The minimum Gasteiger partial charge on any atom is -0.348 e. The van der Waals surface area contributed by atoms with Crippen LogP contribution in [0.15, 0.2) is 29.9 Å². The molecule has 2 amide bonds. The standard InChI is InChI=1S/C26H37N9O2/c1-5-16(3)7-10-18(6-2)33-25(36)22(28-4)20(11-27)35-26(37)23-24(32-19-12-29-15-30-13-19)31-14-21(34-23)17-8-9-17/h11-18,20,27H,5-10H2,1-4H3,(H,31,32)(H,33,36)(H,35,37). The summed E-state index contributed by atoms with van der Waals surface area (Å²) in [7, 11) is 1.48. The lowest BCUT2D eigenvalue weighted by atomic mass is 9.98. The molecule has 0 radical (unpaired) electrons. The number of anilines is 2. The van der Waals surface area contributed by atoms with Gasteiger partial charge in [0, 0.05) is 25.2 Å². The molecule has 198 valence electrons. The Kier molecular flexibility index (Phi) is 10.2. The predicted octanol–water partition coefficient (Wildman–Crippen LogP) is 3.43. The summed E-state index contributed by atoms with van der Waals surface area (Å²) < 4.78 is 0. The summed E-state index contributed by atoms with van der Waals surface area (Å²) in [5, 5.41) is 16.7. The van der Waals surface area contributed by atoms with Crippen molar-refractivity contribution in [2.24, 2.45) is 10.9 Å².